The van der Waals surface area contributed by atoms with Crippen LogP contribution >= 0.6 is 11.3 Å². The zero-order chi connectivity index (χ0) is 12.8. The van der Waals surface area contributed by atoms with Gasteiger partial charge < -0.3 is 5.73 Å². The number of nitrogens with zero attached hydrogens (tertiary/aromatic N) is 1. The highest BCUT2D eigenvalue weighted by atomic mass is 32.1. The van der Waals surface area contributed by atoms with Crippen LogP contribution < -0.4 is 5.73 Å². The predicted molar refractivity (Wildman–Crippen MR) is 77.9 cm³/mol. The van der Waals surface area contributed by atoms with Crippen molar-refractivity contribution in [2.75, 3.05) is 0 Å². The van der Waals surface area contributed by atoms with Gasteiger partial charge in [0, 0.05) is 12.0 Å². The van der Waals surface area contributed by atoms with Gasteiger partial charge in [-0.25, -0.2) is 4.98 Å². The summed E-state index contributed by atoms with van der Waals surface area (Å²) >= 11 is 1.79. The van der Waals surface area contributed by atoms with Crippen LogP contribution in [0.25, 0.3) is 10.2 Å². The molecule has 1 aliphatic rings. The number of para-hydroxylation sites is 1. The Morgan fingerprint density at radius 3 is 2.72 bits per heavy atom. The molecular formula is C15H20N2S. The topological polar surface area (TPSA) is 38.9 Å². The molecule has 1 saturated carbocycles. The summed E-state index contributed by atoms with van der Waals surface area (Å²) < 4.78 is 1.27. The van der Waals surface area contributed by atoms with Crippen LogP contribution in [0.3, 0.4) is 0 Å². The Morgan fingerprint density at radius 1 is 1.28 bits per heavy atom. The molecule has 0 bridgehead atoms. The van der Waals surface area contributed by atoms with E-state index < -0.39 is 0 Å². The van der Waals surface area contributed by atoms with Crippen molar-refractivity contribution in [2.24, 2.45) is 11.1 Å². The summed E-state index contributed by atoms with van der Waals surface area (Å²) in [7, 11) is 0. The molecule has 1 aromatic heterocycles. The maximum absolute atomic E-state index is 6.66. The van der Waals surface area contributed by atoms with E-state index in [1.54, 1.807) is 11.3 Å². The first kappa shape index (κ1) is 12.1. The van der Waals surface area contributed by atoms with Gasteiger partial charge in [-0.05, 0) is 30.4 Å². The number of thiazole rings is 1. The minimum atomic E-state index is -0.0825. The molecule has 1 heterocycles. The van der Waals surface area contributed by atoms with E-state index in [-0.39, 0.29) is 11.0 Å². The quantitative estimate of drug-likeness (QED) is 0.893. The van der Waals surface area contributed by atoms with Crippen molar-refractivity contribution in [3.63, 3.8) is 0 Å². The molecule has 2 nitrogen and oxygen atoms in total. The third-order valence-corrected chi connectivity index (χ3v) is 5.61. The smallest absolute Gasteiger partial charge is 0.0957 e. The molecule has 0 radical (unpaired) electrons. The fraction of sp³-hybridized carbons (Fsp3) is 0.533. The number of aromatic nitrogens is 1. The fourth-order valence-electron chi connectivity index (χ4n) is 3.03. The minimum absolute atomic E-state index is 0.0825. The van der Waals surface area contributed by atoms with Gasteiger partial charge in [0.25, 0.3) is 0 Å². The monoisotopic (exact) mass is 260 g/mol. The van der Waals surface area contributed by atoms with Crippen LogP contribution in [0.1, 0.15) is 38.1 Å². The maximum Gasteiger partial charge on any atom is 0.0957 e. The van der Waals surface area contributed by atoms with Crippen LogP contribution in [0.4, 0.5) is 0 Å². The lowest BCUT2D eigenvalue weighted by Gasteiger charge is -2.37. The number of hydrogen-bond donors (Lipinski definition) is 1. The second kappa shape index (κ2) is 4.04. The first-order valence-corrected chi connectivity index (χ1v) is 7.45. The summed E-state index contributed by atoms with van der Waals surface area (Å²) in [6.45, 7) is 4.60. The van der Waals surface area contributed by atoms with Crippen LogP contribution in [0.5, 0.6) is 0 Å². The van der Waals surface area contributed by atoms with Crippen molar-refractivity contribution in [3.05, 3.63) is 29.3 Å². The van der Waals surface area contributed by atoms with Gasteiger partial charge in [-0.1, -0.05) is 32.4 Å². The summed E-state index contributed by atoms with van der Waals surface area (Å²) in [6.07, 6.45) is 4.51. The zero-order valence-corrected chi connectivity index (χ0v) is 11.9. The summed E-state index contributed by atoms with van der Waals surface area (Å²) in [5.41, 5.74) is 7.91. The second-order valence-electron chi connectivity index (χ2n) is 6.15. The van der Waals surface area contributed by atoms with Gasteiger partial charge in [-0.15, -0.1) is 11.3 Å². The minimum Gasteiger partial charge on any atom is -0.324 e. The molecular weight excluding hydrogens is 240 g/mol. The molecule has 0 amide bonds. The molecule has 1 aromatic carbocycles. The maximum atomic E-state index is 6.66. The number of fused-ring (bicyclic) bond motifs is 1. The molecule has 1 atom stereocenters. The molecule has 2 N–H and O–H groups in total. The van der Waals surface area contributed by atoms with E-state index in [9.17, 15) is 0 Å². The van der Waals surface area contributed by atoms with Crippen LogP contribution in [0.2, 0.25) is 0 Å². The molecule has 1 unspecified atom stereocenters. The van der Waals surface area contributed by atoms with Gasteiger partial charge in [0.1, 0.15) is 0 Å². The van der Waals surface area contributed by atoms with Crippen molar-refractivity contribution in [1.82, 2.24) is 4.98 Å². The molecule has 0 saturated heterocycles. The Bertz CT molecular complexity index is 540. The van der Waals surface area contributed by atoms with E-state index in [2.05, 4.69) is 32.0 Å². The summed E-state index contributed by atoms with van der Waals surface area (Å²) in [4.78, 5) is 4.73. The number of hydrogen-bond acceptors (Lipinski definition) is 3. The van der Waals surface area contributed by atoms with E-state index in [0.29, 0.717) is 0 Å². The molecule has 96 valence electrons. The Kier molecular flexibility index (Phi) is 2.72. The molecule has 3 heteroatoms. The average Bonchev–Trinajstić information content (AvgIpc) is 2.80. The van der Waals surface area contributed by atoms with Crippen molar-refractivity contribution in [3.8, 4) is 0 Å². The summed E-state index contributed by atoms with van der Waals surface area (Å²) in [5, 5.41) is 1.19. The summed E-state index contributed by atoms with van der Waals surface area (Å²) in [6, 6.07) is 8.34. The predicted octanol–water partition coefficient (Wildman–Crippen LogP) is 3.75. The van der Waals surface area contributed by atoms with E-state index in [4.69, 9.17) is 10.7 Å². The van der Waals surface area contributed by atoms with E-state index in [0.717, 1.165) is 18.4 Å². The summed E-state index contributed by atoms with van der Waals surface area (Å²) in [5.74, 6) is 0. The van der Waals surface area contributed by atoms with E-state index >= 15 is 0 Å². The largest absolute Gasteiger partial charge is 0.324 e. The third kappa shape index (κ3) is 1.86. The highest BCUT2D eigenvalue weighted by molar-refractivity contribution is 7.18. The van der Waals surface area contributed by atoms with Gasteiger partial charge >= 0.3 is 0 Å². The average molecular weight is 260 g/mol. The number of benzene rings is 1. The highest BCUT2D eigenvalue weighted by Gasteiger charge is 2.46. The normalized spacial score (nSPS) is 26.8. The van der Waals surface area contributed by atoms with Crippen LogP contribution in [0.15, 0.2) is 24.3 Å². The van der Waals surface area contributed by atoms with Crippen LogP contribution in [0, 0.1) is 5.41 Å². The third-order valence-electron chi connectivity index (χ3n) is 4.58. The molecule has 3 rings (SSSR count). The van der Waals surface area contributed by atoms with Gasteiger partial charge in [0.05, 0.1) is 15.2 Å². The van der Waals surface area contributed by atoms with Crippen LogP contribution in [-0.2, 0) is 6.42 Å². The first-order chi connectivity index (χ1) is 8.50. The van der Waals surface area contributed by atoms with Crippen molar-refractivity contribution in [2.45, 2.75) is 45.1 Å². The standard InChI is InChI=1S/C15H20N2S/c1-14(2)8-5-9-15(14,16)10-13-17-11-6-3-4-7-12(11)18-13/h3-4,6-7H,5,8-10,16H2,1-2H3. The lowest BCUT2D eigenvalue weighted by atomic mass is 9.74. The van der Waals surface area contributed by atoms with E-state index in [1.807, 2.05) is 6.07 Å². The van der Waals surface area contributed by atoms with Gasteiger partial charge in [-0.3, -0.25) is 0 Å². The highest BCUT2D eigenvalue weighted by Crippen LogP contribution is 2.46. The Hall–Kier alpha value is -0.930. The number of rotatable bonds is 2. The SMILES string of the molecule is CC1(C)CCCC1(N)Cc1nc2ccccc2s1. The fourth-order valence-corrected chi connectivity index (χ4v) is 4.12. The Balaban J connectivity index is 1.92. The van der Waals surface area contributed by atoms with Crippen LogP contribution in [-0.4, -0.2) is 10.5 Å². The first-order valence-electron chi connectivity index (χ1n) is 6.64. The van der Waals surface area contributed by atoms with Crippen molar-refractivity contribution < 1.29 is 0 Å². The van der Waals surface area contributed by atoms with E-state index in [1.165, 1.54) is 22.5 Å². The zero-order valence-electron chi connectivity index (χ0n) is 11.1. The molecule has 0 aliphatic heterocycles. The molecule has 1 fully saturated rings. The lowest BCUT2D eigenvalue weighted by molar-refractivity contribution is 0.207. The van der Waals surface area contributed by atoms with Crippen molar-refractivity contribution >= 4 is 21.6 Å². The molecule has 18 heavy (non-hydrogen) atoms. The van der Waals surface area contributed by atoms with Gasteiger partial charge in [0.15, 0.2) is 0 Å². The molecule has 2 aromatic rings. The van der Waals surface area contributed by atoms with Gasteiger partial charge in [0.2, 0.25) is 0 Å². The Morgan fingerprint density at radius 2 is 2.06 bits per heavy atom. The second-order valence-corrected chi connectivity index (χ2v) is 7.26. The lowest BCUT2D eigenvalue weighted by Crippen LogP contribution is -2.50. The van der Waals surface area contributed by atoms with Gasteiger partial charge in [-0.2, -0.15) is 0 Å². The number of nitrogens with two attached hydrogens (primary N) is 1. The molecule has 0 spiro atoms. The van der Waals surface area contributed by atoms with Crippen molar-refractivity contribution in [1.29, 1.82) is 0 Å². The molecule has 1 aliphatic carbocycles. The Labute approximate surface area is 112 Å².